The summed E-state index contributed by atoms with van der Waals surface area (Å²) < 4.78 is 39.8. The van der Waals surface area contributed by atoms with E-state index in [1.807, 2.05) is 6.92 Å². The van der Waals surface area contributed by atoms with Gasteiger partial charge in [0.25, 0.3) is 0 Å². The Hall–Kier alpha value is -1.52. The Balaban J connectivity index is 2.30. The van der Waals surface area contributed by atoms with E-state index in [1.165, 1.54) is 24.3 Å². The van der Waals surface area contributed by atoms with Gasteiger partial charge in [0.2, 0.25) is 0 Å². The van der Waals surface area contributed by atoms with Crippen molar-refractivity contribution in [1.29, 1.82) is 0 Å². The lowest BCUT2D eigenvalue weighted by molar-refractivity contribution is 0.520. The maximum Gasteiger partial charge on any atom is 0.129 e. The Morgan fingerprint density at radius 3 is 2.33 bits per heavy atom. The van der Waals surface area contributed by atoms with Gasteiger partial charge in [0, 0.05) is 17.1 Å². The van der Waals surface area contributed by atoms with E-state index in [4.69, 9.17) is 11.6 Å². The fourth-order valence-electron chi connectivity index (χ4n) is 2.23. The van der Waals surface area contributed by atoms with Crippen molar-refractivity contribution in [2.75, 3.05) is 6.54 Å². The Bertz CT molecular complexity index is 631. The Morgan fingerprint density at radius 1 is 1.05 bits per heavy atom. The van der Waals surface area contributed by atoms with Crippen LogP contribution in [0.15, 0.2) is 36.4 Å². The van der Waals surface area contributed by atoms with E-state index < -0.39 is 17.5 Å². The monoisotopic (exact) mass is 313 g/mol. The quantitative estimate of drug-likeness (QED) is 0.847. The highest BCUT2D eigenvalue weighted by atomic mass is 35.5. The number of benzene rings is 2. The van der Waals surface area contributed by atoms with Crippen molar-refractivity contribution < 1.29 is 13.2 Å². The lowest BCUT2D eigenvalue weighted by Gasteiger charge is -2.20. The molecule has 1 unspecified atom stereocenters. The fourth-order valence-corrected chi connectivity index (χ4v) is 2.53. The van der Waals surface area contributed by atoms with Gasteiger partial charge < -0.3 is 5.32 Å². The third kappa shape index (κ3) is 3.99. The van der Waals surface area contributed by atoms with Crippen LogP contribution >= 0.6 is 11.6 Å². The van der Waals surface area contributed by atoms with E-state index >= 15 is 0 Å². The molecule has 1 nitrogen and oxygen atoms in total. The van der Waals surface area contributed by atoms with Crippen molar-refractivity contribution in [3.8, 4) is 0 Å². The summed E-state index contributed by atoms with van der Waals surface area (Å²) >= 11 is 6.06. The first-order chi connectivity index (χ1) is 10.0. The van der Waals surface area contributed by atoms with Crippen LogP contribution in [0.3, 0.4) is 0 Å². The molecule has 0 saturated heterocycles. The molecule has 0 spiro atoms. The van der Waals surface area contributed by atoms with Gasteiger partial charge >= 0.3 is 0 Å². The van der Waals surface area contributed by atoms with Gasteiger partial charge in [-0.1, -0.05) is 30.7 Å². The third-order valence-corrected chi connectivity index (χ3v) is 3.55. The maximum atomic E-state index is 13.8. The molecule has 0 saturated carbocycles. The number of nitrogens with one attached hydrogen (secondary N) is 1. The van der Waals surface area contributed by atoms with Crippen LogP contribution in [0, 0.1) is 17.5 Å². The zero-order valence-electron chi connectivity index (χ0n) is 11.5. The van der Waals surface area contributed by atoms with Crippen LogP contribution in [0.4, 0.5) is 13.2 Å². The largest absolute Gasteiger partial charge is 0.310 e. The van der Waals surface area contributed by atoms with Crippen molar-refractivity contribution in [3.05, 3.63) is 70.0 Å². The third-order valence-electron chi connectivity index (χ3n) is 3.23. The van der Waals surface area contributed by atoms with E-state index in [0.717, 1.165) is 6.07 Å². The molecule has 2 rings (SSSR count). The maximum absolute atomic E-state index is 13.8. The molecule has 1 atom stereocenters. The molecule has 0 aliphatic rings. The van der Waals surface area contributed by atoms with E-state index in [0.29, 0.717) is 24.1 Å². The van der Waals surface area contributed by atoms with Gasteiger partial charge in [0.1, 0.15) is 17.5 Å². The zero-order chi connectivity index (χ0) is 15.4. The minimum absolute atomic E-state index is 0.275. The van der Waals surface area contributed by atoms with Gasteiger partial charge in [0.15, 0.2) is 0 Å². The first-order valence-corrected chi connectivity index (χ1v) is 7.01. The number of rotatable bonds is 5. The fraction of sp³-hybridized carbons (Fsp3) is 0.250. The molecule has 0 aromatic heterocycles. The molecule has 0 fully saturated rings. The summed E-state index contributed by atoms with van der Waals surface area (Å²) in [5.74, 6) is -1.64. The molecule has 0 bridgehead atoms. The van der Waals surface area contributed by atoms with E-state index in [2.05, 4.69) is 5.32 Å². The molecule has 5 heteroatoms. The molecule has 0 heterocycles. The highest BCUT2D eigenvalue weighted by Crippen LogP contribution is 2.27. The first-order valence-electron chi connectivity index (χ1n) is 6.63. The van der Waals surface area contributed by atoms with Gasteiger partial charge in [-0.15, -0.1) is 0 Å². The van der Waals surface area contributed by atoms with Gasteiger partial charge in [-0.2, -0.15) is 0 Å². The molecule has 21 heavy (non-hydrogen) atoms. The number of hydrogen-bond donors (Lipinski definition) is 1. The van der Waals surface area contributed by atoms with Gasteiger partial charge in [0.05, 0.1) is 0 Å². The Labute approximate surface area is 126 Å². The molecule has 2 aromatic carbocycles. The van der Waals surface area contributed by atoms with Crippen LogP contribution in [0.25, 0.3) is 0 Å². The second-order valence-corrected chi connectivity index (χ2v) is 5.12. The smallest absolute Gasteiger partial charge is 0.129 e. The van der Waals surface area contributed by atoms with Crippen LogP contribution < -0.4 is 5.32 Å². The predicted octanol–water partition coefficient (Wildman–Crippen LogP) is 4.65. The molecular weight excluding hydrogens is 299 g/mol. The minimum atomic E-state index is -0.615. The number of likely N-dealkylation sites (N-methyl/N-ethyl adjacent to an activating group) is 1. The summed E-state index contributed by atoms with van der Waals surface area (Å²) in [4.78, 5) is 0. The molecule has 2 aromatic rings. The first kappa shape index (κ1) is 15.9. The zero-order valence-corrected chi connectivity index (χ0v) is 12.2. The van der Waals surface area contributed by atoms with Crippen molar-refractivity contribution in [3.63, 3.8) is 0 Å². The molecule has 0 radical (unpaired) electrons. The van der Waals surface area contributed by atoms with Crippen LogP contribution in [0.5, 0.6) is 0 Å². The Kier molecular flexibility index (Phi) is 5.26. The van der Waals surface area contributed by atoms with Gasteiger partial charge in [-0.3, -0.25) is 0 Å². The summed E-state index contributed by atoms with van der Waals surface area (Å²) in [7, 11) is 0. The molecule has 1 N–H and O–H groups in total. The summed E-state index contributed by atoms with van der Waals surface area (Å²) in [5, 5.41) is 3.46. The summed E-state index contributed by atoms with van der Waals surface area (Å²) in [6.07, 6.45) is 0.297. The van der Waals surface area contributed by atoms with Crippen molar-refractivity contribution in [2.24, 2.45) is 0 Å². The number of hydrogen-bond acceptors (Lipinski definition) is 1. The highest BCUT2D eigenvalue weighted by Gasteiger charge is 2.17. The van der Waals surface area contributed by atoms with Crippen molar-refractivity contribution in [1.82, 2.24) is 5.32 Å². The molecule has 112 valence electrons. The van der Waals surface area contributed by atoms with Crippen LogP contribution in [-0.2, 0) is 6.42 Å². The Morgan fingerprint density at radius 2 is 1.71 bits per heavy atom. The van der Waals surface area contributed by atoms with Crippen molar-refractivity contribution in [2.45, 2.75) is 19.4 Å². The normalized spacial score (nSPS) is 12.4. The predicted molar refractivity (Wildman–Crippen MR) is 77.9 cm³/mol. The average Bonchev–Trinajstić information content (AvgIpc) is 2.41. The van der Waals surface area contributed by atoms with Crippen LogP contribution in [0.1, 0.15) is 24.1 Å². The SMILES string of the molecule is CCNC(Cc1ccc(F)cc1F)c1ccc(F)cc1Cl. The average molecular weight is 314 g/mol. The topological polar surface area (TPSA) is 12.0 Å². The molecule has 0 aliphatic heterocycles. The molecule has 0 aliphatic carbocycles. The van der Waals surface area contributed by atoms with E-state index in [-0.39, 0.29) is 11.1 Å². The second-order valence-electron chi connectivity index (χ2n) is 4.72. The molecular formula is C16H15ClF3N. The minimum Gasteiger partial charge on any atom is -0.310 e. The molecule has 0 amide bonds. The lowest BCUT2D eigenvalue weighted by Crippen LogP contribution is -2.23. The van der Waals surface area contributed by atoms with Crippen molar-refractivity contribution >= 4 is 11.6 Å². The highest BCUT2D eigenvalue weighted by molar-refractivity contribution is 6.31. The summed E-state index contributed by atoms with van der Waals surface area (Å²) in [6, 6.07) is 7.31. The second kappa shape index (κ2) is 6.96. The number of halogens is 4. The van der Waals surface area contributed by atoms with Gasteiger partial charge in [-0.05, 0) is 42.3 Å². The summed E-state index contributed by atoms with van der Waals surface area (Å²) in [6.45, 7) is 2.55. The van der Waals surface area contributed by atoms with E-state index in [1.54, 1.807) is 6.07 Å². The van der Waals surface area contributed by atoms with Crippen LogP contribution in [-0.4, -0.2) is 6.54 Å². The van der Waals surface area contributed by atoms with Gasteiger partial charge in [-0.25, -0.2) is 13.2 Å². The standard InChI is InChI=1S/C16H15ClF3N/c1-2-21-16(13-6-5-11(18)8-14(13)17)7-10-3-4-12(19)9-15(10)20/h3-6,8-9,16,21H,2,7H2,1H3. The van der Waals surface area contributed by atoms with E-state index in [9.17, 15) is 13.2 Å². The lowest BCUT2D eigenvalue weighted by atomic mass is 9.98. The van der Waals surface area contributed by atoms with Crippen LogP contribution in [0.2, 0.25) is 5.02 Å². The summed E-state index contributed by atoms with van der Waals surface area (Å²) in [5.41, 5.74) is 1.06.